The van der Waals surface area contributed by atoms with Crippen molar-refractivity contribution in [2.45, 2.75) is 118 Å². The lowest BCUT2D eigenvalue weighted by molar-refractivity contribution is -0.122. The first-order chi connectivity index (χ1) is 38.1. The molecule has 0 bridgehead atoms. The van der Waals surface area contributed by atoms with E-state index in [1.165, 1.54) is 87.2 Å². The number of hydrogen-bond acceptors (Lipinski definition) is 16. The van der Waals surface area contributed by atoms with E-state index in [4.69, 9.17) is 29.3 Å². The van der Waals surface area contributed by atoms with Gasteiger partial charge in [-0.05, 0) is 120 Å². The first kappa shape index (κ1) is 63.4. The second-order valence-corrected chi connectivity index (χ2v) is 19.0. The highest BCUT2D eigenvalue weighted by Gasteiger charge is 2.37. The highest BCUT2D eigenvalue weighted by molar-refractivity contribution is 5.98. The summed E-state index contributed by atoms with van der Waals surface area (Å²) in [6, 6.07) is 15.9. The number of benzene rings is 2. The van der Waals surface area contributed by atoms with E-state index < -0.39 is 28.7 Å². The van der Waals surface area contributed by atoms with Gasteiger partial charge < -0.3 is 54.7 Å². The average Bonchev–Trinajstić information content (AvgIpc) is 3.47. The lowest BCUT2D eigenvalue weighted by Gasteiger charge is -2.39. The number of aromatic nitrogens is 2. The van der Waals surface area contributed by atoms with Gasteiger partial charge in [-0.3, -0.25) is 9.59 Å². The van der Waals surface area contributed by atoms with Crippen LogP contribution in [0.25, 0.3) is 21.9 Å². The van der Waals surface area contributed by atoms with Crippen LogP contribution in [-0.2, 0) is 9.59 Å². The van der Waals surface area contributed by atoms with Crippen molar-refractivity contribution < 1.29 is 45.5 Å². The largest absolute Gasteiger partial charge is 0.466 e. The van der Waals surface area contributed by atoms with Crippen LogP contribution < -0.4 is 52.2 Å². The number of pyridine rings is 2. The number of halogens is 4. The smallest absolute Gasteiger partial charge is 0.338 e. The predicted molar refractivity (Wildman–Crippen MR) is 301 cm³/mol. The highest BCUT2D eigenvalue weighted by atomic mass is 19.1. The number of nitrogens with one attached hydrogen (secondary N) is 3. The van der Waals surface area contributed by atoms with Gasteiger partial charge in [0.15, 0.2) is 13.2 Å². The number of nitrogens with zero attached hydrogens (tertiary/aromatic N) is 6. The van der Waals surface area contributed by atoms with Crippen molar-refractivity contribution in [2.24, 2.45) is 5.73 Å². The molecule has 4 aliphatic rings. The van der Waals surface area contributed by atoms with Gasteiger partial charge in [-0.15, -0.1) is 0 Å². The molecular formula is C58H74F4N10O8. The molecule has 0 spiro atoms. The Labute approximate surface area is 463 Å². The minimum Gasteiger partial charge on any atom is -0.466 e. The molecule has 432 valence electrons. The molecule has 80 heavy (non-hydrogen) atoms. The number of amides is 2. The minimum atomic E-state index is -0.503. The number of ether oxygens (including phenoxy) is 2. The monoisotopic (exact) mass is 1110 g/mol. The molecule has 0 unspecified atom stereocenters. The van der Waals surface area contributed by atoms with Crippen LogP contribution in [0.2, 0.25) is 0 Å². The van der Waals surface area contributed by atoms with E-state index in [9.17, 15) is 36.7 Å². The van der Waals surface area contributed by atoms with Gasteiger partial charge in [0.1, 0.15) is 45.8 Å². The number of fused-ring (bicyclic) bond motifs is 4. The van der Waals surface area contributed by atoms with Crippen molar-refractivity contribution in [3.63, 3.8) is 0 Å². The predicted octanol–water partition coefficient (Wildman–Crippen LogP) is 8.76. The molecule has 0 saturated heterocycles. The van der Waals surface area contributed by atoms with Crippen LogP contribution in [0.5, 0.6) is 11.8 Å². The molecule has 2 aromatic carbocycles. The van der Waals surface area contributed by atoms with Crippen LogP contribution in [-0.4, -0.2) is 110 Å². The van der Waals surface area contributed by atoms with Crippen LogP contribution in [0, 0.1) is 41.5 Å². The Morgan fingerprint density at radius 2 is 1.07 bits per heavy atom. The Morgan fingerprint density at radius 1 is 0.637 bits per heavy atom. The molecule has 18 nitrogen and oxygen atoms in total. The number of nitrogens with two attached hydrogens (primary N) is 1. The summed E-state index contributed by atoms with van der Waals surface area (Å²) in [4.78, 5) is 61.0. The van der Waals surface area contributed by atoms with E-state index >= 15 is 0 Å². The summed E-state index contributed by atoms with van der Waals surface area (Å²) in [6.07, 6.45) is 9.18. The third kappa shape index (κ3) is 17.5. The molecule has 6 aromatic rings. The van der Waals surface area contributed by atoms with Crippen LogP contribution in [0.1, 0.15) is 92.1 Å². The first-order valence-corrected chi connectivity index (χ1v) is 26.7. The van der Waals surface area contributed by atoms with E-state index in [2.05, 4.69) is 51.6 Å². The van der Waals surface area contributed by atoms with Gasteiger partial charge in [-0.2, -0.15) is 5.26 Å². The van der Waals surface area contributed by atoms with Crippen molar-refractivity contribution >= 4 is 50.8 Å². The Balaban J connectivity index is 0.000000218. The van der Waals surface area contributed by atoms with Gasteiger partial charge in [-0.25, -0.2) is 37.1 Å². The van der Waals surface area contributed by atoms with E-state index in [1.807, 2.05) is 0 Å². The number of nitriles is 1. The molecular weight excluding hydrogens is 1040 g/mol. The average molecular weight is 1120 g/mol. The van der Waals surface area contributed by atoms with Gasteiger partial charge in [0.25, 0.3) is 11.8 Å². The molecule has 6 heterocycles. The molecule has 2 aliphatic carbocycles. The van der Waals surface area contributed by atoms with Gasteiger partial charge >= 0.3 is 11.3 Å². The van der Waals surface area contributed by atoms with E-state index in [0.717, 1.165) is 75.9 Å². The topological polar surface area (TPSA) is 234 Å². The number of carbonyl (C=O) groups excluding carboxylic acids is 2. The maximum atomic E-state index is 13.7. The Morgan fingerprint density at radius 3 is 1.52 bits per heavy atom. The van der Waals surface area contributed by atoms with Crippen LogP contribution in [0.3, 0.4) is 0 Å². The number of rotatable bonds is 13. The van der Waals surface area contributed by atoms with Crippen LogP contribution in [0.4, 0.5) is 34.6 Å². The van der Waals surface area contributed by atoms with E-state index in [-0.39, 0.29) is 62.3 Å². The lowest BCUT2D eigenvalue weighted by atomic mass is 9.89. The quantitative estimate of drug-likeness (QED) is 0.0481. The fraction of sp³-hybridized carbons (Fsp3) is 0.466. The molecule has 2 saturated carbocycles. The van der Waals surface area contributed by atoms with Crippen molar-refractivity contribution in [3.8, 4) is 17.8 Å². The van der Waals surface area contributed by atoms with E-state index in [1.54, 1.807) is 22.8 Å². The number of hydrogen-bond donors (Lipinski definition) is 4. The molecule has 5 N–H and O–H groups in total. The zero-order valence-electron chi connectivity index (χ0n) is 45.3. The van der Waals surface area contributed by atoms with Gasteiger partial charge in [0.2, 0.25) is 11.8 Å². The van der Waals surface area contributed by atoms with Crippen molar-refractivity contribution in [1.82, 2.24) is 25.5 Å². The molecule has 10 rings (SSSR count). The standard InChI is InChI=1S/C24H24F2N4O4.C15H21FN4O2.C10H7FO2.C6H15N.C2H3N.CH4/c25-14-1-6-21-18(9-14)19(11-23(32)34-21)28-8-7-27-16-2-4-17(5-3-16)30-20-10-15(26)12-29-24(20)33-13-22(30)31;16-10-7-13-15(19-8-10)22-9-14(21)20(13)12-3-1-11(2-4-12)18-6-5-17;1-6-4-10(12)13-9-3-2-7(11)5-8(6)9;1-4-7(5-2)6-3;1-2-3;/h1,6,9-12,16-17,27-28H,2-5,7-8,13H2;7-8,11-12,18H,1-6,9,17H2;2-5H,1H3;4-6H2,1-3H3;1H3;1H4. The Bertz CT molecular complexity index is 3130. The fourth-order valence-electron chi connectivity index (χ4n) is 9.95. The summed E-state index contributed by atoms with van der Waals surface area (Å²) in [6.45, 7) is 15.8. The summed E-state index contributed by atoms with van der Waals surface area (Å²) in [5, 5.41) is 18.6. The summed E-state index contributed by atoms with van der Waals surface area (Å²) in [5.74, 6) is -1.38. The number of carbonyl (C=O) groups is 2. The fourth-order valence-corrected chi connectivity index (χ4v) is 9.95. The summed E-state index contributed by atoms with van der Waals surface area (Å²) >= 11 is 0. The third-order valence-electron chi connectivity index (χ3n) is 13.9. The van der Waals surface area contributed by atoms with Crippen molar-refractivity contribution in [3.05, 3.63) is 123 Å². The van der Waals surface area contributed by atoms with Crippen molar-refractivity contribution in [2.75, 3.05) is 74.1 Å². The molecule has 4 aromatic heterocycles. The third-order valence-corrected chi connectivity index (χ3v) is 13.9. The number of anilines is 3. The van der Waals surface area contributed by atoms with Crippen molar-refractivity contribution in [1.29, 1.82) is 5.26 Å². The zero-order chi connectivity index (χ0) is 57.0. The SMILES string of the molecule is C.CC#N.CCN(CC)CC.Cc1cc(=O)oc2ccc(F)cc12.NCCNC1CCC(N2C(=O)COc3ncc(F)cc32)CC1.O=C1COc2ncc(F)cc2N1C1CCC(NCCNc2cc(=O)oc3ccc(F)cc23)CC1. The summed E-state index contributed by atoms with van der Waals surface area (Å²) in [7, 11) is 0. The maximum Gasteiger partial charge on any atom is 0.338 e. The highest BCUT2D eigenvalue weighted by Crippen LogP contribution is 2.37. The molecule has 2 fully saturated rings. The second kappa shape index (κ2) is 31.4. The van der Waals surface area contributed by atoms with Gasteiger partial charge in [-0.1, -0.05) is 28.2 Å². The normalized spacial score (nSPS) is 18.1. The summed E-state index contributed by atoms with van der Waals surface area (Å²) in [5.41, 5.74) is 7.46. The van der Waals surface area contributed by atoms with Crippen LogP contribution in [0.15, 0.2) is 91.5 Å². The zero-order valence-corrected chi connectivity index (χ0v) is 45.3. The Hall–Kier alpha value is -7.45. The molecule has 2 amide bonds. The number of aryl methyl sites for hydroxylation is 1. The van der Waals surface area contributed by atoms with Gasteiger partial charge in [0.05, 0.1) is 24.2 Å². The van der Waals surface area contributed by atoms with Crippen LogP contribution >= 0.6 is 0 Å². The van der Waals surface area contributed by atoms with Gasteiger partial charge in [0, 0.05) is 92.3 Å². The second-order valence-electron chi connectivity index (χ2n) is 19.0. The molecule has 0 radical (unpaired) electrons. The lowest BCUT2D eigenvalue weighted by Crippen LogP contribution is -2.49. The first-order valence-electron chi connectivity index (χ1n) is 26.7. The molecule has 2 aliphatic heterocycles. The Kier molecular flexibility index (Phi) is 24.9. The maximum absolute atomic E-state index is 13.7. The summed E-state index contributed by atoms with van der Waals surface area (Å²) < 4.78 is 74.3. The molecule has 0 atom stereocenters. The van der Waals surface area contributed by atoms with E-state index in [0.29, 0.717) is 70.6 Å². The minimum absolute atomic E-state index is 0. The molecule has 22 heteroatoms.